The van der Waals surface area contributed by atoms with E-state index in [-0.39, 0.29) is 25.7 Å². The van der Waals surface area contributed by atoms with Crippen molar-refractivity contribution in [2.24, 2.45) is 11.8 Å². The zero-order valence-corrected chi connectivity index (χ0v) is 67.3. The first-order valence-corrected chi connectivity index (χ1v) is 45.0. The van der Waals surface area contributed by atoms with Crippen molar-refractivity contribution >= 4 is 39.5 Å². The van der Waals surface area contributed by atoms with Crippen LogP contribution in [0.2, 0.25) is 0 Å². The molecule has 0 radical (unpaired) electrons. The highest BCUT2D eigenvalue weighted by Crippen LogP contribution is 2.45. The third-order valence-electron chi connectivity index (χ3n) is 19.0. The van der Waals surface area contributed by atoms with Gasteiger partial charge in [0, 0.05) is 25.7 Å². The fraction of sp³-hybridized carbons (Fsp3) is 0.951. The van der Waals surface area contributed by atoms with Gasteiger partial charge in [0.2, 0.25) is 0 Å². The molecule has 100 heavy (non-hydrogen) atoms. The van der Waals surface area contributed by atoms with Gasteiger partial charge in [-0.05, 0) is 37.5 Å². The Kier molecular flexibility index (Phi) is 71.2. The maximum Gasteiger partial charge on any atom is 0.472 e. The summed E-state index contributed by atoms with van der Waals surface area (Å²) in [6, 6.07) is 0. The summed E-state index contributed by atoms with van der Waals surface area (Å²) in [6.45, 7) is 9.65. The second-order valence-electron chi connectivity index (χ2n) is 30.1. The molecule has 594 valence electrons. The molecule has 0 rings (SSSR count). The lowest BCUT2D eigenvalue weighted by molar-refractivity contribution is -0.161. The highest BCUT2D eigenvalue weighted by atomic mass is 31.2. The number of rotatable bonds is 80. The minimum absolute atomic E-state index is 0.108. The highest BCUT2D eigenvalue weighted by Gasteiger charge is 2.30. The molecular weight excluding hydrogens is 1310 g/mol. The van der Waals surface area contributed by atoms with Gasteiger partial charge >= 0.3 is 39.5 Å². The molecule has 17 nitrogen and oxygen atoms in total. The standard InChI is InChI=1S/C81H158O17P2/c1-7-9-11-13-15-16-17-18-19-20-25-31-36-41-47-53-59-65-80(85)97-76(69-91-78(83)63-57-51-43-14-12-10-8-2)71-95-99(87,88)93-67-75(82)68-94-100(89,90)96-72-77(98-81(86)66-60-54-48-42-37-32-27-22-24-29-34-39-45-50-56-62-74(5)6)70-92-79(84)64-58-52-46-40-35-30-26-21-23-28-33-38-44-49-55-61-73(3)4/h73-77,82H,7-72H2,1-6H3,(H,87,88)(H,89,90)/t75-,76+,77+/m0/s1. The molecule has 5 atom stereocenters. The van der Waals surface area contributed by atoms with Crippen LogP contribution in [0, 0.1) is 11.8 Å². The average molecular weight is 1470 g/mol. The van der Waals surface area contributed by atoms with E-state index in [0.717, 1.165) is 115 Å². The van der Waals surface area contributed by atoms with Gasteiger partial charge in [0.05, 0.1) is 26.4 Å². The smallest absolute Gasteiger partial charge is 0.462 e. The summed E-state index contributed by atoms with van der Waals surface area (Å²) >= 11 is 0. The van der Waals surface area contributed by atoms with Crippen molar-refractivity contribution in [3.8, 4) is 0 Å². The first-order chi connectivity index (χ1) is 48.4. The number of carbonyl (C=O) groups is 4. The lowest BCUT2D eigenvalue weighted by Crippen LogP contribution is -2.30. The molecule has 3 N–H and O–H groups in total. The van der Waals surface area contributed by atoms with Gasteiger partial charge in [-0.3, -0.25) is 37.3 Å². The van der Waals surface area contributed by atoms with E-state index in [9.17, 15) is 43.2 Å². The second kappa shape index (κ2) is 72.6. The SMILES string of the molecule is CCCCCCCCCCCCCCCCCCCC(=O)O[C@H](COC(=O)CCCCCCCCC)COP(=O)(O)OC[C@H](O)COP(=O)(O)OC[C@@H](COC(=O)CCCCCCCCCCCCCCCCCC(C)C)OC(=O)CCCCCCCCCCCCCCCCCC(C)C. The number of ether oxygens (including phenoxy) is 4. The number of hydrogen-bond donors (Lipinski definition) is 3. The van der Waals surface area contributed by atoms with Gasteiger partial charge < -0.3 is 33.8 Å². The van der Waals surface area contributed by atoms with Crippen molar-refractivity contribution in [2.45, 2.75) is 445 Å². The van der Waals surface area contributed by atoms with E-state index in [2.05, 4.69) is 41.5 Å². The van der Waals surface area contributed by atoms with Gasteiger partial charge in [0.25, 0.3) is 0 Å². The van der Waals surface area contributed by atoms with Gasteiger partial charge in [-0.25, -0.2) is 9.13 Å². The molecule has 0 spiro atoms. The van der Waals surface area contributed by atoms with Crippen LogP contribution in [0.3, 0.4) is 0 Å². The molecule has 0 amide bonds. The molecule has 0 saturated heterocycles. The van der Waals surface area contributed by atoms with E-state index in [0.29, 0.717) is 25.7 Å². The zero-order valence-electron chi connectivity index (χ0n) is 65.5. The van der Waals surface area contributed by atoms with Crippen molar-refractivity contribution < 1.29 is 80.2 Å². The topological polar surface area (TPSA) is 237 Å². The largest absolute Gasteiger partial charge is 0.472 e. The maximum atomic E-state index is 13.1. The van der Waals surface area contributed by atoms with Crippen LogP contribution < -0.4 is 0 Å². The molecule has 0 aromatic carbocycles. The van der Waals surface area contributed by atoms with Crippen LogP contribution in [0.15, 0.2) is 0 Å². The molecule has 0 aliphatic heterocycles. The summed E-state index contributed by atoms with van der Waals surface area (Å²) in [5, 5.41) is 10.6. The number of esters is 4. The minimum atomic E-state index is -4.96. The van der Waals surface area contributed by atoms with Gasteiger partial charge in [0.15, 0.2) is 12.2 Å². The van der Waals surface area contributed by atoms with Crippen LogP contribution in [0.1, 0.15) is 427 Å². The monoisotopic (exact) mass is 1470 g/mol. The Balaban J connectivity index is 5.18. The van der Waals surface area contributed by atoms with Crippen LogP contribution in [-0.2, 0) is 65.4 Å². The van der Waals surface area contributed by atoms with Crippen LogP contribution in [0.4, 0.5) is 0 Å². The first-order valence-electron chi connectivity index (χ1n) is 42.0. The van der Waals surface area contributed by atoms with Crippen LogP contribution in [-0.4, -0.2) is 96.7 Å². The molecule has 2 unspecified atom stereocenters. The molecule has 19 heteroatoms. The summed E-state index contributed by atoms with van der Waals surface area (Å²) in [5.41, 5.74) is 0. The summed E-state index contributed by atoms with van der Waals surface area (Å²) in [7, 11) is -9.91. The summed E-state index contributed by atoms with van der Waals surface area (Å²) in [6.07, 6.45) is 62.6. The molecule has 0 heterocycles. The van der Waals surface area contributed by atoms with E-state index in [1.54, 1.807) is 0 Å². The van der Waals surface area contributed by atoms with Crippen molar-refractivity contribution in [1.82, 2.24) is 0 Å². The number of phosphoric ester groups is 2. The van der Waals surface area contributed by atoms with E-state index in [1.807, 2.05) is 0 Å². The van der Waals surface area contributed by atoms with Crippen molar-refractivity contribution in [2.75, 3.05) is 39.6 Å². The van der Waals surface area contributed by atoms with E-state index >= 15 is 0 Å². The molecule has 0 aliphatic rings. The Morgan fingerprint density at radius 3 is 0.680 bits per heavy atom. The summed E-state index contributed by atoms with van der Waals surface area (Å²) in [4.78, 5) is 72.9. The van der Waals surface area contributed by atoms with Crippen LogP contribution in [0.25, 0.3) is 0 Å². The molecule has 0 aromatic heterocycles. The average Bonchev–Trinajstić information content (AvgIpc) is 1.01. The Labute approximate surface area is 613 Å². The quantitative estimate of drug-likeness (QED) is 0.0222. The van der Waals surface area contributed by atoms with Crippen molar-refractivity contribution in [3.63, 3.8) is 0 Å². The molecule has 0 bridgehead atoms. The first kappa shape index (κ1) is 98.1. The Bertz CT molecular complexity index is 1920. The van der Waals surface area contributed by atoms with E-state index in [4.69, 9.17) is 37.0 Å². The Morgan fingerprint density at radius 1 is 0.270 bits per heavy atom. The fourth-order valence-electron chi connectivity index (χ4n) is 12.5. The molecule has 0 aliphatic carbocycles. The molecule has 0 aromatic rings. The Hall–Kier alpha value is -1.94. The minimum Gasteiger partial charge on any atom is -0.462 e. The predicted octanol–water partition coefficient (Wildman–Crippen LogP) is 24.3. The van der Waals surface area contributed by atoms with Gasteiger partial charge in [-0.2, -0.15) is 0 Å². The van der Waals surface area contributed by atoms with Crippen molar-refractivity contribution in [1.29, 1.82) is 0 Å². The third kappa shape index (κ3) is 74.3. The predicted molar refractivity (Wildman–Crippen MR) is 409 cm³/mol. The zero-order chi connectivity index (χ0) is 73.5. The maximum absolute atomic E-state index is 13.1. The van der Waals surface area contributed by atoms with Gasteiger partial charge in [-0.1, -0.05) is 375 Å². The molecular formula is C81H158O17P2. The molecule has 0 saturated carbocycles. The van der Waals surface area contributed by atoms with E-state index < -0.39 is 97.5 Å². The number of aliphatic hydroxyl groups excluding tert-OH is 1. The normalized spacial score (nSPS) is 13.9. The molecule has 0 fully saturated rings. The van der Waals surface area contributed by atoms with Crippen LogP contribution >= 0.6 is 15.6 Å². The lowest BCUT2D eigenvalue weighted by Gasteiger charge is -2.21. The van der Waals surface area contributed by atoms with E-state index in [1.165, 1.54) is 231 Å². The van der Waals surface area contributed by atoms with Crippen LogP contribution in [0.5, 0.6) is 0 Å². The van der Waals surface area contributed by atoms with Crippen molar-refractivity contribution in [3.05, 3.63) is 0 Å². The fourth-order valence-corrected chi connectivity index (χ4v) is 14.1. The second-order valence-corrected chi connectivity index (χ2v) is 33.0. The number of unbranched alkanes of at least 4 members (excludes halogenated alkanes) is 50. The summed E-state index contributed by atoms with van der Waals surface area (Å²) in [5.74, 6) is -0.503. The number of phosphoric acid groups is 2. The third-order valence-corrected chi connectivity index (χ3v) is 20.9. The number of hydrogen-bond acceptors (Lipinski definition) is 15. The highest BCUT2D eigenvalue weighted by molar-refractivity contribution is 7.47. The summed E-state index contributed by atoms with van der Waals surface area (Å²) < 4.78 is 68.6. The lowest BCUT2D eigenvalue weighted by atomic mass is 10.0. The Morgan fingerprint density at radius 2 is 0.460 bits per heavy atom. The van der Waals surface area contributed by atoms with Gasteiger partial charge in [-0.15, -0.1) is 0 Å². The number of aliphatic hydroxyl groups is 1. The number of carbonyl (C=O) groups excluding carboxylic acids is 4. The van der Waals surface area contributed by atoms with Gasteiger partial charge in [0.1, 0.15) is 19.3 Å².